The first kappa shape index (κ1) is 12.1. The zero-order valence-corrected chi connectivity index (χ0v) is 10.8. The van der Waals surface area contributed by atoms with E-state index in [1.807, 2.05) is 0 Å². The van der Waals surface area contributed by atoms with E-state index in [0.717, 1.165) is 17.6 Å². The fourth-order valence-corrected chi connectivity index (χ4v) is 1.92. The van der Waals surface area contributed by atoms with Crippen LogP contribution in [0.5, 0.6) is 0 Å². The van der Waals surface area contributed by atoms with Gasteiger partial charge in [-0.25, -0.2) is 0 Å². The van der Waals surface area contributed by atoms with E-state index < -0.39 is 0 Å². The molecule has 0 aliphatic heterocycles. The first-order chi connectivity index (χ1) is 8.00. The highest BCUT2D eigenvalue weighted by molar-refractivity contribution is 5.79. The summed E-state index contributed by atoms with van der Waals surface area (Å²) in [5.41, 5.74) is 9.21. The molecule has 0 saturated carbocycles. The summed E-state index contributed by atoms with van der Waals surface area (Å²) in [5.74, 6) is 0. The van der Waals surface area contributed by atoms with Gasteiger partial charge in [-0.15, -0.1) is 0 Å². The van der Waals surface area contributed by atoms with E-state index in [1.54, 1.807) is 0 Å². The van der Waals surface area contributed by atoms with Crippen molar-refractivity contribution in [2.75, 3.05) is 6.54 Å². The van der Waals surface area contributed by atoms with Gasteiger partial charge >= 0.3 is 0 Å². The van der Waals surface area contributed by atoms with Gasteiger partial charge in [-0.05, 0) is 35.7 Å². The number of benzene rings is 1. The standard InChI is InChI=1S/C15H20N2/c1-15(2,3)12-5-7-14-11(10-12)4-6-13(17-14)8-9-16/h4-7,10H,8-9,16H2,1-3H3. The Morgan fingerprint density at radius 2 is 1.88 bits per heavy atom. The van der Waals surface area contributed by atoms with Gasteiger partial charge in [0.15, 0.2) is 0 Å². The van der Waals surface area contributed by atoms with Crippen LogP contribution in [0.25, 0.3) is 10.9 Å². The molecule has 17 heavy (non-hydrogen) atoms. The molecular weight excluding hydrogens is 208 g/mol. The van der Waals surface area contributed by atoms with Crippen molar-refractivity contribution in [2.24, 2.45) is 5.73 Å². The van der Waals surface area contributed by atoms with Gasteiger partial charge in [0, 0.05) is 17.5 Å². The van der Waals surface area contributed by atoms with Gasteiger partial charge in [0.05, 0.1) is 5.52 Å². The summed E-state index contributed by atoms with van der Waals surface area (Å²) >= 11 is 0. The molecule has 2 aromatic rings. The topological polar surface area (TPSA) is 38.9 Å². The SMILES string of the molecule is CC(C)(C)c1ccc2nc(CCN)ccc2c1. The van der Waals surface area contributed by atoms with Crippen molar-refractivity contribution in [2.45, 2.75) is 32.6 Å². The quantitative estimate of drug-likeness (QED) is 0.858. The van der Waals surface area contributed by atoms with E-state index in [4.69, 9.17) is 5.73 Å². The summed E-state index contributed by atoms with van der Waals surface area (Å²) in [6.45, 7) is 7.33. The van der Waals surface area contributed by atoms with Crippen molar-refractivity contribution >= 4 is 10.9 Å². The van der Waals surface area contributed by atoms with Crippen molar-refractivity contribution < 1.29 is 0 Å². The number of pyridine rings is 1. The molecule has 0 unspecified atom stereocenters. The van der Waals surface area contributed by atoms with Gasteiger partial charge in [-0.2, -0.15) is 0 Å². The fraction of sp³-hybridized carbons (Fsp3) is 0.400. The van der Waals surface area contributed by atoms with Crippen LogP contribution in [0.2, 0.25) is 0 Å². The Kier molecular flexibility index (Phi) is 3.16. The fourth-order valence-electron chi connectivity index (χ4n) is 1.92. The maximum atomic E-state index is 5.55. The van der Waals surface area contributed by atoms with Crippen LogP contribution in [0, 0.1) is 0 Å². The van der Waals surface area contributed by atoms with Gasteiger partial charge in [-0.3, -0.25) is 4.98 Å². The lowest BCUT2D eigenvalue weighted by Gasteiger charge is -2.19. The summed E-state index contributed by atoms with van der Waals surface area (Å²) in [6, 6.07) is 10.7. The molecule has 0 amide bonds. The molecule has 1 heterocycles. The first-order valence-corrected chi connectivity index (χ1v) is 6.11. The van der Waals surface area contributed by atoms with Crippen molar-refractivity contribution in [3.05, 3.63) is 41.6 Å². The normalized spacial score (nSPS) is 12.0. The third-order valence-corrected chi connectivity index (χ3v) is 3.01. The van der Waals surface area contributed by atoms with Crippen molar-refractivity contribution in [3.8, 4) is 0 Å². The molecule has 0 aliphatic carbocycles. The minimum Gasteiger partial charge on any atom is -0.330 e. The molecule has 0 aliphatic rings. The summed E-state index contributed by atoms with van der Waals surface area (Å²) in [4.78, 5) is 4.61. The number of nitrogens with two attached hydrogens (primary N) is 1. The van der Waals surface area contributed by atoms with Crippen LogP contribution >= 0.6 is 0 Å². The monoisotopic (exact) mass is 228 g/mol. The molecule has 2 N–H and O–H groups in total. The third kappa shape index (κ3) is 2.64. The molecule has 0 bridgehead atoms. The second-order valence-corrected chi connectivity index (χ2v) is 5.50. The van der Waals surface area contributed by atoms with Gasteiger partial charge < -0.3 is 5.73 Å². The molecule has 0 atom stereocenters. The molecule has 2 rings (SSSR count). The lowest BCUT2D eigenvalue weighted by molar-refractivity contribution is 0.591. The Hall–Kier alpha value is -1.41. The Morgan fingerprint density at radius 3 is 2.53 bits per heavy atom. The number of nitrogens with zero attached hydrogens (tertiary/aromatic N) is 1. The second kappa shape index (κ2) is 4.46. The molecule has 1 aromatic heterocycles. The van der Waals surface area contributed by atoms with Crippen LogP contribution < -0.4 is 5.73 Å². The Morgan fingerprint density at radius 1 is 1.12 bits per heavy atom. The van der Waals surface area contributed by atoms with E-state index in [-0.39, 0.29) is 5.41 Å². The van der Waals surface area contributed by atoms with Gasteiger partial charge in [0.25, 0.3) is 0 Å². The summed E-state index contributed by atoms with van der Waals surface area (Å²) in [7, 11) is 0. The van der Waals surface area contributed by atoms with Crippen LogP contribution in [0.1, 0.15) is 32.0 Å². The average Bonchev–Trinajstić information content (AvgIpc) is 2.27. The number of fused-ring (bicyclic) bond motifs is 1. The van der Waals surface area contributed by atoms with Gasteiger partial charge in [-0.1, -0.05) is 32.9 Å². The molecule has 2 nitrogen and oxygen atoms in total. The van der Waals surface area contributed by atoms with E-state index in [0.29, 0.717) is 6.54 Å². The van der Waals surface area contributed by atoms with Crippen LogP contribution in [0.3, 0.4) is 0 Å². The molecule has 0 saturated heterocycles. The molecule has 0 fully saturated rings. The van der Waals surface area contributed by atoms with E-state index >= 15 is 0 Å². The lowest BCUT2D eigenvalue weighted by atomic mass is 9.86. The molecule has 2 heteroatoms. The summed E-state index contributed by atoms with van der Waals surface area (Å²) in [5, 5.41) is 1.21. The zero-order valence-electron chi connectivity index (χ0n) is 10.8. The van der Waals surface area contributed by atoms with E-state index in [2.05, 4.69) is 56.1 Å². The van der Waals surface area contributed by atoms with E-state index in [1.165, 1.54) is 10.9 Å². The minimum absolute atomic E-state index is 0.185. The highest BCUT2D eigenvalue weighted by atomic mass is 14.7. The van der Waals surface area contributed by atoms with Crippen LogP contribution in [-0.2, 0) is 11.8 Å². The van der Waals surface area contributed by atoms with Crippen LogP contribution in [-0.4, -0.2) is 11.5 Å². The predicted molar refractivity (Wildman–Crippen MR) is 73.2 cm³/mol. The molecule has 1 aromatic carbocycles. The lowest BCUT2D eigenvalue weighted by Crippen LogP contribution is -2.10. The van der Waals surface area contributed by atoms with Crippen molar-refractivity contribution in [1.82, 2.24) is 4.98 Å². The average molecular weight is 228 g/mol. The van der Waals surface area contributed by atoms with Crippen molar-refractivity contribution in [3.63, 3.8) is 0 Å². The third-order valence-electron chi connectivity index (χ3n) is 3.01. The summed E-state index contributed by atoms with van der Waals surface area (Å²) in [6.07, 6.45) is 0.844. The number of hydrogen-bond acceptors (Lipinski definition) is 2. The predicted octanol–water partition coefficient (Wildman–Crippen LogP) is 3.03. The molecule has 0 radical (unpaired) electrons. The molecular formula is C15H20N2. The van der Waals surface area contributed by atoms with Gasteiger partial charge in [0.2, 0.25) is 0 Å². The van der Waals surface area contributed by atoms with Crippen LogP contribution in [0.15, 0.2) is 30.3 Å². The summed E-state index contributed by atoms with van der Waals surface area (Å²) < 4.78 is 0. The highest BCUT2D eigenvalue weighted by Gasteiger charge is 2.13. The maximum Gasteiger partial charge on any atom is 0.0705 e. The smallest absolute Gasteiger partial charge is 0.0705 e. The van der Waals surface area contributed by atoms with Crippen molar-refractivity contribution in [1.29, 1.82) is 0 Å². The Balaban J connectivity index is 2.47. The maximum absolute atomic E-state index is 5.55. The largest absolute Gasteiger partial charge is 0.330 e. The first-order valence-electron chi connectivity index (χ1n) is 6.11. The molecule has 90 valence electrons. The van der Waals surface area contributed by atoms with Crippen LogP contribution in [0.4, 0.5) is 0 Å². The Bertz CT molecular complexity index is 524. The number of hydrogen-bond donors (Lipinski definition) is 1. The minimum atomic E-state index is 0.185. The Labute approximate surface area is 103 Å². The molecule has 0 spiro atoms. The number of aromatic nitrogens is 1. The second-order valence-electron chi connectivity index (χ2n) is 5.50. The zero-order chi connectivity index (χ0) is 12.5. The van der Waals surface area contributed by atoms with Gasteiger partial charge in [0.1, 0.15) is 0 Å². The number of rotatable bonds is 2. The van der Waals surface area contributed by atoms with E-state index in [9.17, 15) is 0 Å². The highest BCUT2D eigenvalue weighted by Crippen LogP contribution is 2.25.